The number of rotatable bonds is 4. The number of halogens is 1. The highest BCUT2D eigenvalue weighted by Gasteiger charge is 2.22. The smallest absolute Gasteiger partial charge is 0.0512 e. The first-order valence-corrected chi connectivity index (χ1v) is 6.44. The molecule has 16 heavy (non-hydrogen) atoms. The van der Waals surface area contributed by atoms with Gasteiger partial charge in [-0.2, -0.15) is 0 Å². The average Bonchev–Trinajstić information content (AvgIpc) is 2.28. The fourth-order valence-corrected chi connectivity index (χ4v) is 2.20. The van der Waals surface area contributed by atoms with Crippen LogP contribution in [0, 0.1) is 0 Å². The molecule has 0 aromatic heterocycles. The zero-order valence-electron chi connectivity index (χ0n) is 10.5. The van der Waals surface area contributed by atoms with Crippen molar-refractivity contribution in [1.29, 1.82) is 0 Å². The van der Waals surface area contributed by atoms with Crippen molar-refractivity contribution in [2.24, 2.45) is 5.73 Å². The van der Waals surface area contributed by atoms with Crippen LogP contribution in [0.4, 0.5) is 5.69 Å². The van der Waals surface area contributed by atoms with Crippen LogP contribution < -0.4 is 10.6 Å². The van der Waals surface area contributed by atoms with Gasteiger partial charge in [-0.1, -0.05) is 13.0 Å². The lowest BCUT2D eigenvalue weighted by Crippen LogP contribution is -2.40. The summed E-state index contributed by atoms with van der Waals surface area (Å²) in [6.45, 7) is 7.28. The van der Waals surface area contributed by atoms with Crippen molar-refractivity contribution in [3.63, 3.8) is 0 Å². The van der Waals surface area contributed by atoms with Crippen LogP contribution in [-0.4, -0.2) is 12.6 Å². The Labute approximate surface area is 107 Å². The lowest BCUT2D eigenvalue weighted by molar-refractivity contribution is 0.470. The van der Waals surface area contributed by atoms with Crippen LogP contribution in [0.25, 0.3) is 0 Å². The van der Waals surface area contributed by atoms with E-state index in [2.05, 4.69) is 66.8 Å². The minimum absolute atomic E-state index is 0.159. The van der Waals surface area contributed by atoms with Gasteiger partial charge in [0, 0.05) is 23.6 Å². The lowest BCUT2D eigenvalue weighted by atomic mass is 9.99. The topological polar surface area (TPSA) is 29.3 Å². The summed E-state index contributed by atoms with van der Waals surface area (Å²) in [5, 5.41) is 0. The number of hydrogen-bond acceptors (Lipinski definition) is 2. The second-order valence-corrected chi connectivity index (χ2v) is 5.57. The zero-order chi connectivity index (χ0) is 12.3. The van der Waals surface area contributed by atoms with Crippen molar-refractivity contribution in [3.05, 3.63) is 28.2 Å². The summed E-state index contributed by atoms with van der Waals surface area (Å²) in [6, 6.07) is 6.31. The van der Waals surface area contributed by atoms with Gasteiger partial charge in [0.05, 0.1) is 5.69 Å². The Hall–Kier alpha value is -0.540. The Balaban J connectivity index is 3.05. The van der Waals surface area contributed by atoms with Crippen molar-refractivity contribution in [2.45, 2.75) is 39.3 Å². The van der Waals surface area contributed by atoms with E-state index in [1.54, 1.807) is 0 Å². The Bertz CT molecular complexity index is 361. The van der Waals surface area contributed by atoms with Gasteiger partial charge in [0.25, 0.3) is 0 Å². The molecule has 90 valence electrons. The third kappa shape index (κ3) is 2.77. The predicted molar refractivity (Wildman–Crippen MR) is 74.8 cm³/mol. The molecule has 0 saturated carbocycles. The molecule has 1 aromatic rings. The fourth-order valence-electron chi connectivity index (χ4n) is 1.51. The van der Waals surface area contributed by atoms with E-state index in [4.69, 9.17) is 5.73 Å². The summed E-state index contributed by atoms with van der Waals surface area (Å²) >= 11 is 3.61. The van der Waals surface area contributed by atoms with Crippen LogP contribution in [0.3, 0.4) is 0 Å². The van der Waals surface area contributed by atoms with E-state index >= 15 is 0 Å². The highest BCUT2D eigenvalue weighted by atomic mass is 79.9. The first-order valence-electron chi connectivity index (χ1n) is 5.64. The molecule has 0 atom stereocenters. The molecule has 0 aliphatic carbocycles. The zero-order valence-corrected chi connectivity index (χ0v) is 12.1. The Morgan fingerprint density at radius 3 is 2.44 bits per heavy atom. The number of benzene rings is 1. The third-order valence-electron chi connectivity index (χ3n) is 3.38. The van der Waals surface area contributed by atoms with E-state index in [1.807, 2.05) is 0 Å². The van der Waals surface area contributed by atoms with E-state index < -0.39 is 0 Å². The van der Waals surface area contributed by atoms with Gasteiger partial charge in [0.2, 0.25) is 0 Å². The molecule has 1 rings (SSSR count). The first-order chi connectivity index (χ1) is 7.42. The normalized spacial score (nSPS) is 11.6. The molecule has 0 saturated heterocycles. The summed E-state index contributed by atoms with van der Waals surface area (Å²) in [6.07, 6.45) is 1.11. The SMILES string of the molecule is CCC(C)(C)N(C)c1ccc(CN)cc1Br. The number of anilines is 1. The molecule has 0 spiro atoms. The minimum Gasteiger partial charge on any atom is -0.369 e. The largest absolute Gasteiger partial charge is 0.369 e. The number of nitrogens with zero attached hydrogens (tertiary/aromatic N) is 1. The quantitative estimate of drug-likeness (QED) is 0.917. The summed E-state index contributed by atoms with van der Waals surface area (Å²) < 4.78 is 1.11. The maximum Gasteiger partial charge on any atom is 0.0512 e. The molecular formula is C13H21BrN2. The Morgan fingerprint density at radius 1 is 1.38 bits per heavy atom. The summed E-state index contributed by atoms with van der Waals surface area (Å²) in [5.74, 6) is 0. The van der Waals surface area contributed by atoms with Crippen molar-refractivity contribution in [3.8, 4) is 0 Å². The minimum atomic E-state index is 0.159. The molecule has 1 aromatic carbocycles. The monoisotopic (exact) mass is 284 g/mol. The Kier molecular flexibility index (Phi) is 4.39. The molecule has 2 nitrogen and oxygen atoms in total. The van der Waals surface area contributed by atoms with Gasteiger partial charge in [-0.3, -0.25) is 0 Å². The van der Waals surface area contributed by atoms with Gasteiger partial charge >= 0.3 is 0 Å². The predicted octanol–water partition coefficient (Wildman–Crippen LogP) is 3.53. The van der Waals surface area contributed by atoms with E-state index in [0.29, 0.717) is 6.54 Å². The maximum absolute atomic E-state index is 5.62. The molecule has 2 N–H and O–H groups in total. The molecule has 0 aliphatic heterocycles. The van der Waals surface area contributed by atoms with Crippen molar-refractivity contribution in [1.82, 2.24) is 0 Å². The van der Waals surface area contributed by atoms with Crippen LogP contribution in [0.2, 0.25) is 0 Å². The molecule has 0 bridgehead atoms. The Morgan fingerprint density at radius 2 is 2.00 bits per heavy atom. The van der Waals surface area contributed by atoms with Crippen LogP contribution in [0.15, 0.2) is 22.7 Å². The summed E-state index contributed by atoms with van der Waals surface area (Å²) in [7, 11) is 2.13. The second-order valence-electron chi connectivity index (χ2n) is 4.71. The lowest BCUT2D eigenvalue weighted by Gasteiger charge is -2.37. The van der Waals surface area contributed by atoms with Crippen molar-refractivity contribution in [2.75, 3.05) is 11.9 Å². The molecule has 0 unspecified atom stereocenters. The molecule has 0 heterocycles. The molecule has 0 fully saturated rings. The highest BCUT2D eigenvalue weighted by molar-refractivity contribution is 9.10. The van der Waals surface area contributed by atoms with Gasteiger partial charge in [0.15, 0.2) is 0 Å². The molecule has 0 amide bonds. The maximum atomic E-state index is 5.62. The van der Waals surface area contributed by atoms with Gasteiger partial charge in [0.1, 0.15) is 0 Å². The summed E-state index contributed by atoms with van der Waals surface area (Å²) in [5.41, 5.74) is 8.15. The van der Waals surface area contributed by atoms with Gasteiger partial charge in [-0.15, -0.1) is 0 Å². The van der Waals surface area contributed by atoms with E-state index in [1.165, 1.54) is 5.69 Å². The molecule has 0 radical (unpaired) electrons. The van der Waals surface area contributed by atoms with Crippen molar-refractivity contribution < 1.29 is 0 Å². The van der Waals surface area contributed by atoms with Gasteiger partial charge < -0.3 is 10.6 Å². The van der Waals surface area contributed by atoms with E-state index in [-0.39, 0.29) is 5.54 Å². The van der Waals surface area contributed by atoms with Gasteiger partial charge in [-0.05, 0) is 53.9 Å². The van der Waals surface area contributed by atoms with Gasteiger partial charge in [-0.25, -0.2) is 0 Å². The number of nitrogens with two attached hydrogens (primary N) is 1. The molecule has 3 heteroatoms. The fraction of sp³-hybridized carbons (Fsp3) is 0.538. The summed E-state index contributed by atoms with van der Waals surface area (Å²) in [4.78, 5) is 2.30. The highest BCUT2D eigenvalue weighted by Crippen LogP contribution is 2.32. The second kappa shape index (κ2) is 5.19. The van der Waals surface area contributed by atoms with E-state index in [9.17, 15) is 0 Å². The first kappa shape index (κ1) is 13.5. The van der Waals surface area contributed by atoms with Crippen molar-refractivity contribution >= 4 is 21.6 Å². The third-order valence-corrected chi connectivity index (χ3v) is 4.02. The van der Waals surface area contributed by atoms with Crippen LogP contribution in [-0.2, 0) is 6.54 Å². The molecular weight excluding hydrogens is 264 g/mol. The average molecular weight is 285 g/mol. The van der Waals surface area contributed by atoms with Crippen LogP contribution in [0.1, 0.15) is 32.8 Å². The molecule has 0 aliphatic rings. The van der Waals surface area contributed by atoms with E-state index in [0.717, 1.165) is 16.5 Å². The van der Waals surface area contributed by atoms with Crippen LogP contribution in [0.5, 0.6) is 0 Å². The van der Waals surface area contributed by atoms with Crippen LogP contribution >= 0.6 is 15.9 Å². The number of hydrogen-bond donors (Lipinski definition) is 1. The standard InChI is InChI=1S/C13H21BrN2/c1-5-13(2,3)16(4)12-7-6-10(9-15)8-11(12)14/h6-8H,5,9,15H2,1-4H3.